The molecule has 0 saturated heterocycles. The molecule has 1 heterocycles. The summed E-state index contributed by atoms with van der Waals surface area (Å²) in [5.41, 5.74) is 1.05. The Morgan fingerprint density at radius 3 is 2.72 bits per heavy atom. The first-order chi connectivity index (χ1) is 8.25. The number of Topliss-reactive ketones (excluding diaryl/α,β-unsaturated/α-hetero) is 1. The largest absolute Gasteiger partial charge is 0.297 e. The fourth-order valence-electron chi connectivity index (χ4n) is 2.36. The topological polar surface area (TPSA) is 51.2 Å². The molecule has 3 nitrogen and oxygen atoms in total. The maximum absolute atomic E-state index is 12.6. The average Bonchev–Trinajstić information content (AvgIpc) is 2.73. The molecule has 100 valence electrons. The number of hydrogen-bond acceptors (Lipinski definition) is 4. The Morgan fingerprint density at radius 1 is 1.44 bits per heavy atom. The molecule has 0 bridgehead atoms. The van der Waals surface area contributed by atoms with Crippen LogP contribution in [0.4, 0.5) is 0 Å². The Labute approximate surface area is 112 Å². The smallest absolute Gasteiger partial charge is 0.160 e. The monoisotopic (exact) mass is 286 g/mol. The fraction of sp³-hybridized carbons (Fsp3) is 0.615. The standard InChI is InChI=1S/C13H18O3S2/c1-13(2,18(3,15)16)12(14)10-5-4-6-11-9(10)7-8-17-11/h7-8,10H,4-6H2,1-3H3. The van der Waals surface area contributed by atoms with Gasteiger partial charge in [-0.3, -0.25) is 4.79 Å². The molecule has 0 spiro atoms. The third-order valence-electron chi connectivity index (χ3n) is 3.89. The number of sulfone groups is 1. The van der Waals surface area contributed by atoms with Crippen molar-refractivity contribution in [3.8, 4) is 0 Å². The van der Waals surface area contributed by atoms with Crippen molar-refractivity contribution >= 4 is 27.0 Å². The summed E-state index contributed by atoms with van der Waals surface area (Å²) in [6.07, 6.45) is 3.88. The summed E-state index contributed by atoms with van der Waals surface area (Å²) in [6.45, 7) is 3.04. The van der Waals surface area contributed by atoms with E-state index in [2.05, 4.69) is 0 Å². The highest BCUT2D eigenvalue weighted by molar-refractivity contribution is 7.92. The van der Waals surface area contributed by atoms with Crippen molar-refractivity contribution < 1.29 is 13.2 Å². The van der Waals surface area contributed by atoms with Gasteiger partial charge in [-0.25, -0.2) is 8.42 Å². The molecule has 1 unspecified atom stereocenters. The van der Waals surface area contributed by atoms with Crippen LogP contribution in [-0.4, -0.2) is 25.2 Å². The minimum absolute atomic E-state index is 0.163. The lowest BCUT2D eigenvalue weighted by Crippen LogP contribution is -2.43. The van der Waals surface area contributed by atoms with Crippen LogP contribution in [-0.2, 0) is 21.1 Å². The van der Waals surface area contributed by atoms with E-state index >= 15 is 0 Å². The van der Waals surface area contributed by atoms with Crippen molar-refractivity contribution in [3.05, 3.63) is 21.9 Å². The Kier molecular flexibility index (Phi) is 3.40. The van der Waals surface area contributed by atoms with Crippen LogP contribution in [0.3, 0.4) is 0 Å². The number of carbonyl (C=O) groups is 1. The van der Waals surface area contributed by atoms with E-state index in [1.165, 1.54) is 18.7 Å². The van der Waals surface area contributed by atoms with Gasteiger partial charge >= 0.3 is 0 Å². The maximum Gasteiger partial charge on any atom is 0.160 e. The van der Waals surface area contributed by atoms with Gasteiger partial charge in [0.25, 0.3) is 0 Å². The van der Waals surface area contributed by atoms with E-state index < -0.39 is 14.6 Å². The van der Waals surface area contributed by atoms with E-state index in [0.29, 0.717) is 0 Å². The summed E-state index contributed by atoms with van der Waals surface area (Å²) in [7, 11) is -3.38. The number of thiophene rings is 1. The van der Waals surface area contributed by atoms with E-state index in [9.17, 15) is 13.2 Å². The zero-order chi connectivity index (χ0) is 13.6. The Balaban J connectivity index is 2.39. The molecular weight excluding hydrogens is 268 g/mol. The molecule has 2 rings (SSSR count). The maximum atomic E-state index is 12.6. The van der Waals surface area contributed by atoms with Gasteiger partial charge in [-0.15, -0.1) is 11.3 Å². The predicted molar refractivity (Wildman–Crippen MR) is 73.9 cm³/mol. The van der Waals surface area contributed by atoms with Gasteiger partial charge in [0, 0.05) is 17.1 Å². The second-order valence-electron chi connectivity index (χ2n) is 5.39. The third-order valence-corrected chi connectivity index (χ3v) is 6.94. The van der Waals surface area contributed by atoms with Gasteiger partial charge in [0.1, 0.15) is 4.75 Å². The summed E-state index contributed by atoms with van der Waals surface area (Å²) in [5.74, 6) is -0.408. The molecule has 0 N–H and O–H groups in total. The summed E-state index contributed by atoms with van der Waals surface area (Å²) in [5, 5.41) is 1.99. The van der Waals surface area contributed by atoms with Crippen LogP contribution in [0.2, 0.25) is 0 Å². The second kappa shape index (κ2) is 4.46. The zero-order valence-electron chi connectivity index (χ0n) is 10.9. The number of fused-ring (bicyclic) bond motifs is 1. The number of aryl methyl sites for hydroxylation is 1. The molecule has 0 aliphatic heterocycles. The molecule has 1 aliphatic carbocycles. The van der Waals surface area contributed by atoms with E-state index in [-0.39, 0.29) is 11.7 Å². The number of carbonyl (C=O) groups excluding carboxylic acids is 1. The summed E-state index contributed by atoms with van der Waals surface area (Å²) in [6, 6.07) is 1.97. The number of rotatable bonds is 3. The first kappa shape index (κ1) is 13.7. The number of ketones is 1. The van der Waals surface area contributed by atoms with Gasteiger partial charge in [0.2, 0.25) is 0 Å². The Bertz CT molecular complexity index is 567. The van der Waals surface area contributed by atoms with Crippen LogP contribution in [0, 0.1) is 0 Å². The van der Waals surface area contributed by atoms with Crippen molar-refractivity contribution in [2.45, 2.75) is 43.8 Å². The average molecular weight is 286 g/mol. The molecule has 1 aromatic rings. The van der Waals surface area contributed by atoms with Crippen molar-refractivity contribution in [2.24, 2.45) is 0 Å². The SMILES string of the molecule is CC(C)(C(=O)C1CCCc2sccc21)S(C)(=O)=O. The minimum atomic E-state index is -3.38. The molecule has 18 heavy (non-hydrogen) atoms. The van der Waals surface area contributed by atoms with Gasteiger partial charge in [-0.2, -0.15) is 0 Å². The highest BCUT2D eigenvalue weighted by atomic mass is 32.2. The number of hydrogen-bond donors (Lipinski definition) is 0. The van der Waals surface area contributed by atoms with Crippen molar-refractivity contribution in [3.63, 3.8) is 0 Å². The van der Waals surface area contributed by atoms with Gasteiger partial charge < -0.3 is 0 Å². The predicted octanol–water partition coefficient (Wildman–Crippen LogP) is 2.56. The summed E-state index contributed by atoms with van der Waals surface area (Å²) >= 11 is 1.66. The molecule has 0 radical (unpaired) electrons. The van der Waals surface area contributed by atoms with Gasteiger partial charge in [-0.1, -0.05) is 0 Å². The molecule has 0 saturated carbocycles. The molecule has 1 aromatic heterocycles. The van der Waals surface area contributed by atoms with Crippen LogP contribution >= 0.6 is 11.3 Å². The molecule has 0 amide bonds. The Hall–Kier alpha value is -0.680. The van der Waals surface area contributed by atoms with Crippen LogP contribution < -0.4 is 0 Å². The van der Waals surface area contributed by atoms with E-state index in [4.69, 9.17) is 0 Å². The lowest BCUT2D eigenvalue weighted by atomic mass is 9.81. The third kappa shape index (κ3) is 2.14. The fourth-order valence-corrected chi connectivity index (χ4v) is 3.86. The summed E-state index contributed by atoms with van der Waals surface area (Å²) in [4.78, 5) is 13.8. The van der Waals surface area contributed by atoms with Crippen molar-refractivity contribution in [1.29, 1.82) is 0 Å². The second-order valence-corrected chi connectivity index (χ2v) is 8.96. The normalized spacial score (nSPS) is 20.5. The molecule has 1 atom stereocenters. The van der Waals surface area contributed by atoms with Gasteiger partial charge in [-0.05, 0) is 50.1 Å². The van der Waals surface area contributed by atoms with Crippen LogP contribution in [0.1, 0.15) is 43.0 Å². The van der Waals surface area contributed by atoms with E-state index in [1.807, 2.05) is 11.4 Å². The Morgan fingerprint density at radius 2 is 2.11 bits per heavy atom. The van der Waals surface area contributed by atoms with Gasteiger partial charge in [0.15, 0.2) is 15.6 Å². The molecule has 1 aliphatic rings. The molecule has 0 fully saturated rings. The molecular formula is C13H18O3S2. The minimum Gasteiger partial charge on any atom is -0.297 e. The zero-order valence-corrected chi connectivity index (χ0v) is 12.5. The van der Waals surface area contributed by atoms with Crippen LogP contribution in [0.5, 0.6) is 0 Å². The molecule has 5 heteroatoms. The lowest BCUT2D eigenvalue weighted by Gasteiger charge is -2.29. The van der Waals surface area contributed by atoms with Gasteiger partial charge in [0.05, 0.1) is 0 Å². The highest BCUT2D eigenvalue weighted by Crippen LogP contribution is 2.38. The van der Waals surface area contributed by atoms with Crippen LogP contribution in [0.15, 0.2) is 11.4 Å². The first-order valence-corrected chi connectivity index (χ1v) is 8.82. The highest BCUT2D eigenvalue weighted by Gasteiger charge is 2.43. The summed E-state index contributed by atoms with van der Waals surface area (Å²) < 4.78 is 22.2. The van der Waals surface area contributed by atoms with E-state index in [1.54, 1.807) is 11.3 Å². The van der Waals surface area contributed by atoms with Crippen LogP contribution in [0.25, 0.3) is 0 Å². The van der Waals surface area contributed by atoms with E-state index in [0.717, 1.165) is 31.1 Å². The lowest BCUT2D eigenvalue weighted by molar-refractivity contribution is -0.122. The van der Waals surface area contributed by atoms with Crippen molar-refractivity contribution in [2.75, 3.05) is 6.26 Å². The van der Waals surface area contributed by atoms with Crippen molar-refractivity contribution in [1.82, 2.24) is 0 Å². The first-order valence-electron chi connectivity index (χ1n) is 6.05. The molecule has 0 aromatic carbocycles. The quantitative estimate of drug-likeness (QED) is 0.858.